The molecule has 0 aliphatic heterocycles. The second kappa shape index (κ2) is 3.21. The lowest BCUT2D eigenvalue weighted by molar-refractivity contribution is 0.100. The molecule has 1 atom stereocenters. The lowest BCUT2D eigenvalue weighted by Gasteiger charge is -2.24. The highest BCUT2D eigenvalue weighted by molar-refractivity contribution is 5.10. The quantitative estimate of drug-likeness (QED) is 0.684. The van der Waals surface area contributed by atoms with E-state index in [9.17, 15) is 5.11 Å². The highest BCUT2D eigenvalue weighted by Gasteiger charge is 2.24. The molecule has 0 saturated heterocycles. The first kappa shape index (κ1) is 9.16. The Morgan fingerprint density at radius 2 is 2.17 bits per heavy atom. The number of nitrogens with two attached hydrogens (primary N) is 1. The number of hydrogen-bond donors (Lipinski definition) is 2. The highest BCUT2D eigenvalue weighted by atomic mass is 16.3. The first-order valence-corrected chi connectivity index (χ1v) is 3.89. The van der Waals surface area contributed by atoms with Gasteiger partial charge in [0.2, 0.25) is 0 Å². The Morgan fingerprint density at radius 3 is 2.58 bits per heavy atom. The molecular formula is C9H14N2O. The molecule has 1 unspecified atom stereocenters. The van der Waals surface area contributed by atoms with Crippen LogP contribution in [-0.4, -0.2) is 15.6 Å². The monoisotopic (exact) mass is 166 g/mol. The Hall–Kier alpha value is -0.930. The van der Waals surface area contributed by atoms with Crippen LogP contribution in [0.1, 0.15) is 25.6 Å². The lowest BCUT2D eigenvalue weighted by Crippen LogP contribution is -2.39. The Labute approximate surface area is 72.2 Å². The molecule has 0 amide bonds. The summed E-state index contributed by atoms with van der Waals surface area (Å²) in [7, 11) is 0. The molecule has 1 heterocycles. The molecule has 0 spiro atoms. The molecule has 66 valence electrons. The first-order valence-electron chi connectivity index (χ1n) is 3.89. The molecule has 0 fully saturated rings. The van der Waals surface area contributed by atoms with Crippen LogP contribution in [0.25, 0.3) is 0 Å². The number of nitrogens with zero attached hydrogens (tertiary/aromatic N) is 1. The predicted octanol–water partition coefficient (Wildman–Crippen LogP) is 0.852. The van der Waals surface area contributed by atoms with Gasteiger partial charge in [-0.1, -0.05) is 6.07 Å². The second-order valence-electron chi connectivity index (χ2n) is 3.48. The van der Waals surface area contributed by atoms with Gasteiger partial charge in [-0.25, -0.2) is 0 Å². The smallest absolute Gasteiger partial charge is 0.113 e. The normalized spacial score (nSPS) is 14.3. The van der Waals surface area contributed by atoms with E-state index in [2.05, 4.69) is 4.98 Å². The standard InChI is InChI=1S/C9H14N2O/c1-9(2,10)8(12)7-5-3-4-6-11-7/h3-6,8,12H,10H2,1-2H3. The summed E-state index contributed by atoms with van der Waals surface area (Å²) in [6, 6.07) is 5.40. The maximum absolute atomic E-state index is 9.67. The Bertz CT molecular complexity index is 240. The molecule has 0 radical (unpaired) electrons. The van der Waals surface area contributed by atoms with Gasteiger partial charge in [0.15, 0.2) is 0 Å². The van der Waals surface area contributed by atoms with Gasteiger partial charge in [-0.2, -0.15) is 0 Å². The van der Waals surface area contributed by atoms with Crippen molar-refractivity contribution in [2.75, 3.05) is 0 Å². The van der Waals surface area contributed by atoms with Gasteiger partial charge in [0.05, 0.1) is 5.69 Å². The summed E-state index contributed by atoms with van der Waals surface area (Å²) >= 11 is 0. The van der Waals surface area contributed by atoms with E-state index in [0.717, 1.165) is 0 Å². The van der Waals surface area contributed by atoms with E-state index in [4.69, 9.17) is 5.73 Å². The molecule has 3 N–H and O–H groups in total. The van der Waals surface area contributed by atoms with Gasteiger partial charge >= 0.3 is 0 Å². The molecule has 1 aromatic rings. The number of aliphatic hydroxyl groups is 1. The molecule has 0 saturated carbocycles. The van der Waals surface area contributed by atoms with Crippen molar-refractivity contribution in [2.24, 2.45) is 5.73 Å². The zero-order valence-corrected chi connectivity index (χ0v) is 7.36. The van der Waals surface area contributed by atoms with Crippen molar-refractivity contribution >= 4 is 0 Å². The highest BCUT2D eigenvalue weighted by Crippen LogP contribution is 2.20. The third-order valence-electron chi connectivity index (χ3n) is 1.67. The minimum Gasteiger partial charge on any atom is -0.385 e. The maximum Gasteiger partial charge on any atom is 0.113 e. The van der Waals surface area contributed by atoms with Crippen LogP contribution in [0.4, 0.5) is 0 Å². The molecule has 3 heteroatoms. The minimum absolute atomic E-state index is 0.616. The third-order valence-corrected chi connectivity index (χ3v) is 1.67. The van der Waals surface area contributed by atoms with Gasteiger partial charge in [0, 0.05) is 11.7 Å². The van der Waals surface area contributed by atoms with Crippen LogP contribution in [0.2, 0.25) is 0 Å². The van der Waals surface area contributed by atoms with Gasteiger partial charge in [-0.05, 0) is 26.0 Å². The van der Waals surface area contributed by atoms with Crippen LogP contribution >= 0.6 is 0 Å². The number of aromatic nitrogens is 1. The minimum atomic E-state index is -0.710. The molecule has 0 aliphatic carbocycles. The fourth-order valence-corrected chi connectivity index (χ4v) is 0.919. The second-order valence-corrected chi connectivity index (χ2v) is 3.48. The van der Waals surface area contributed by atoms with Gasteiger partial charge in [-0.3, -0.25) is 4.98 Å². The Kier molecular flexibility index (Phi) is 2.45. The SMILES string of the molecule is CC(C)(N)C(O)c1ccccn1. The molecule has 1 aromatic heterocycles. The summed E-state index contributed by atoms with van der Waals surface area (Å²) in [6.45, 7) is 3.54. The summed E-state index contributed by atoms with van der Waals surface area (Å²) in [5.74, 6) is 0. The van der Waals surface area contributed by atoms with E-state index in [-0.39, 0.29) is 0 Å². The maximum atomic E-state index is 9.67. The number of pyridine rings is 1. The predicted molar refractivity (Wildman–Crippen MR) is 47.5 cm³/mol. The Morgan fingerprint density at radius 1 is 1.50 bits per heavy atom. The first-order chi connectivity index (χ1) is 5.52. The van der Waals surface area contributed by atoms with E-state index in [1.807, 2.05) is 6.07 Å². The van der Waals surface area contributed by atoms with Crippen molar-refractivity contribution < 1.29 is 5.11 Å². The van der Waals surface area contributed by atoms with Crippen molar-refractivity contribution in [2.45, 2.75) is 25.5 Å². The summed E-state index contributed by atoms with van der Waals surface area (Å²) in [4.78, 5) is 4.02. The van der Waals surface area contributed by atoms with Crippen LogP contribution in [-0.2, 0) is 0 Å². The van der Waals surface area contributed by atoms with E-state index >= 15 is 0 Å². The van der Waals surface area contributed by atoms with Crippen molar-refractivity contribution in [3.63, 3.8) is 0 Å². The van der Waals surface area contributed by atoms with Gasteiger partial charge < -0.3 is 10.8 Å². The average molecular weight is 166 g/mol. The van der Waals surface area contributed by atoms with Crippen LogP contribution in [0.15, 0.2) is 24.4 Å². The molecular weight excluding hydrogens is 152 g/mol. The average Bonchev–Trinajstić information content (AvgIpc) is 2.03. The van der Waals surface area contributed by atoms with Crippen molar-refractivity contribution in [3.05, 3.63) is 30.1 Å². The number of rotatable bonds is 2. The zero-order valence-electron chi connectivity index (χ0n) is 7.36. The van der Waals surface area contributed by atoms with E-state index < -0.39 is 11.6 Å². The molecule has 3 nitrogen and oxygen atoms in total. The summed E-state index contributed by atoms with van der Waals surface area (Å²) in [5, 5.41) is 9.67. The van der Waals surface area contributed by atoms with Crippen LogP contribution < -0.4 is 5.73 Å². The van der Waals surface area contributed by atoms with Crippen molar-refractivity contribution in [3.8, 4) is 0 Å². The Balaban J connectivity index is 2.86. The molecule has 0 aliphatic rings. The lowest BCUT2D eigenvalue weighted by atomic mass is 9.96. The summed E-state index contributed by atoms with van der Waals surface area (Å²) in [5.41, 5.74) is 5.69. The number of hydrogen-bond acceptors (Lipinski definition) is 3. The fourth-order valence-electron chi connectivity index (χ4n) is 0.919. The van der Waals surface area contributed by atoms with Crippen LogP contribution in [0, 0.1) is 0 Å². The molecule has 0 bridgehead atoms. The van der Waals surface area contributed by atoms with Crippen molar-refractivity contribution in [1.29, 1.82) is 0 Å². The van der Waals surface area contributed by atoms with Gasteiger partial charge in [0.1, 0.15) is 6.10 Å². The van der Waals surface area contributed by atoms with Crippen LogP contribution in [0.5, 0.6) is 0 Å². The fraction of sp³-hybridized carbons (Fsp3) is 0.444. The topological polar surface area (TPSA) is 59.1 Å². The molecule has 1 rings (SSSR count). The number of aliphatic hydroxyl groups excluding tert-OH is 1. The van der Waals surface area contributed by atoms with E-state index in [1.165, 1.54) is 0 Å². The van der Waals surface area contributed by atoms with Gasteiger partial charge in [0.25, 0.3) is 0 Å². The third kappa shape index (κ3) is 2.03. The largest absolute Gasteiger partial charge is 0.385 e. The van der Waals surface area contributed by atoms with Crippen molar-refractivity contribution in [1.82, 2.24) is 4.98 Å². The van der Waals surface area contributed by atoms with Gasteiger partial charge in [-0.15, -0.1) is 0 Å². The zero-order chi connectivity index (χ0) is 9.19. The van der Waals surface area contributed by atoms with E-state index in [1.54, 1.807) is 32.2 Å². The summed E-state index contributed by atoms with van der Waals surface area (Å²) < 4.78 is 0. The summed E-state index contributed by atoms with van der Waals surface area (Å²) in [6.07, 6.45) is 0.934. The molecule has 0 aromatic carbocycles. The van der Waals surface area contributed by atoms with Crippen LogP contribution in [0.3, 0.4) is 0 Å². The molecule has 12 heavy (non-hydrogen) atoms. The van der Waals surface area contributed by atoms with E-state index in [0.29, 0.717) is 5.69 Å².